The first-order valence-corrected chi connectivity index (χ1v) is 5.87. The van der Waals surface area contributed by atoms with Gasteiger partial charge in [-0.25, -0.2) is 0 Å². The van der Waals surface area contributed by atoms with Crippen LogP contribution in [0.25, 0.3) is 0 Å². The average molecular weight is 276 g/mol. The molecule has 0 radical (unpaired) electrons. The highest BCUT2D eigenvalue weighted by Crippen LogP contribution is 2.32. The Morgan fingerprint density at radius 1 is 1.45 bits per heavy atom. The van der Waals surface area contributed by atoms with Gasteiger partial charge in [-0.05, 0) is 25.1 Å². The molecule has 7 heteroatoms. The van der Waals surface area contributed by atoms with Crippen LogP contribution in [0.4, 0.5) is 0 Å². The number of ether oxygens (including phenoxy) is 3. The molecule has 1 aliphatic heterocycles. The van der Waals surface area contributed by atoms with E-state index in [-0.39, 0.29) is 13.3 Å². The Balaban J connectivity index is 1.89. The molecule has 1 heterocycles. The summed E-state index contributed by atoms with van der Waals surface area (Å²) in [7, 11) is 0. The van der Waals surface area contributed by atoms with Gasteiger partial charge >= 0.3 is 5.97 Å². The second-order valence-corrected chi connectivity index (χ2v) is 4.01. The van der Waals surface area contributed by atoms with E-state index >= 15 is 0 Å². The third-order valence-corrected chi connectivity index (χ3v) is 2.52. The maximum absolute atomic E-state index is 11.8. The van der Waals surface area contributed by atoms with Crippen molar-refractivity contribution in [3.8, 4) is 17.6 Å². The molecule has 1 amide bonds. The number of carbonyl (C=O) groups excluding carboxylic acids is 2. The summed E-state index contributed by atoms with van der Waals surface area (Å²) < 4.78 is 15.0. The molecule has 0 saturated carbocycles. The van der Waals surface area contributed by atoms with Crippen LogP contribution in [0.15, 0.2) is 18.2 Å². The van der Waals surface area contributed by atoms with E-state index in [0.717, 1.165) is 0 Å². The minimum atomic E-state index is -0.843. The predicted molar refractivity (Wildman–Crippen MR) is 66.1 cm³/mol. The topological polar surface area (TPSA) is 97.7 Å². The standard InChI is InChI=1S/C13H12N2O5/c1-8(5-14)20-12(16)6-15-13(17)9-2-3-10-11(4-9)19-7-18-10/h2-4,8H,6-7H2,1H3,(H,15,17)/t8-/m0/s1. The van der Waals surface area contributed by atoms with Crippen molar-refractivity contribution < 1.29 is 23.8 Å². The second-order valence-electron chi connectivity index (χ2n) is 4.01. The fourth-order valence-electron chi connectivity index (χ4n) is 1.56. The zero-order valence-electron chi connectivity index (χ0n) is 10.7. The number of nitriles is 1. The Morgan fingerprint density at radius 3 is 2.95 bits per heavy atom. The van der Waals surface area contributed by atoms with Crippen LogP contribution in [-0.2, 0) is 9.53 Å². The van der Waals surface area contributed by atoms with Gasteiger partial charge in [0.2, 0.25) is 6.79 Å². The molecule has 0 fully saturated rings. The monoisotopic (exact) mass is 276 g/mol. The Labute approximate surface area is 115 Å². The number of carbonyl (C=O) groups is 2. The van der Waals surface area contributed by atoms with Crippen molar-refractivity contribution in [3.63, 3.8) is 0 Å². The molecule has 0 unspecified atom stereocenters. The molecule has 1 aromatic carbocycles. The van der Waals surface area contributed by atoms with Crippen LogP contribution in [0.1, 0.15) is 17.3 Å². The van der Waals surface area contributed by atoms with Crippen LogP contribution >= 0.6 is 0 Å². The van der Waals surface area contributed by atoms with Crippen molar-refractivity contribution in [2.75, 3.05) is 13.3 Å². The van der Waals surface area contributed by atoms with Crippen LogP contribution in [0.2, 0.25) is 0 Å². The molecule has 0 spiro atoms. The maximum Gasteiger partial charge on any atom is 0.326 e. The maximum atomic E-state index is 11.8. The van der Waals surface area contributed by atoms with E-state index in [1.807, 2.05) is 0 Å². The molecule has 1 aliphatic rings. The Bertz CT molecular complexity index is 579. The van der Waals surface area contributed by atoms with Gasteiger partial charge in [-0.2, -0.15) is 5.26 Å². The quantitative estimate of drug-likeness (QED) is 0.809. The first kappa shape index (κ1) is 13.7. The van der Waals surface area contributed by atoms with Crippen LogP contribution in [-0.4, -0.2) is 31.3 Å². The van der Waals surface area contributed by atoms with E-state index in [1.165, 1.54) is 13.0 Å². The normalized spacial score (nSPS) is 13.2. The van der Waals surface area contributed by atoms with Gasteiger partial charge in [-0.3, -0.25) is 9.59 Å². The van der Waals surface area contributed by atoms with E-state index < -0.39 is 18.0 Å². The second kappa shape index (κ2) is 5.93. The minimum Gasteiger partial charge on any atom is -0.454 e. The summed E-state index contributed by atoms with van der Waals surface area (Å²) in [6, 6.07) is 6.47. The van der Waals surface area contributed by atoms with Crippen molar-refractivity contribution in [1.82, 2.24) is 5.32 Å². The van der Waals surface area contributed by atoms with Gasteiger partial charge in [-0.15, -0.1) is 0 Å². The predicted octanol–water partition coefficient (Wildman–Crippen LogP) is 0.600. The van der Waals surface area contributed by atoms with E-state index in [9.17, 15) is 9.59 Å². The van der Waals surface area contributed by atoms with Crippen molar-refractivity contribution in [2.24, 2.45) is 0 Å². The number of amides is 1. The highest BCUT2D eigenvalue weighted by Gasteiger charge is 2.17. The Hall–Kier alpha value is -2.75. The molecule has 2 rings (SSSR count). The van der Waals surface area contributed by atoms with Crippen molar-refractivity contribution in [3.05, 3.63) is 23.8 Å². The molecule has 0 saturated heterocycles. The lowest BCUT2D eigenvalue weighted by molar-refractivity contribution is -0.144. The first-order chi connectivity index (χ1) is 9.60. The van der Waals surface area contributed by atoms with Gasteiger partial charge in [0.15, 0.2) is 17.6 Å². The number of hydrogen-bond acceptors (Lipinski definition) is 6. The van der Waals surface area contributed by atoms with Crippen molar-refractivity contribution in [2.45, 2.75) is 13.0 Å². The summed E-state index contributed by atoms with van der Waals surface area (Å²) in [6.45, 7) is 1.26. The molecule has 0 aromatic heterocycles. The number of benzene rings is 1. The highest BCUT2D eigenvalue weighted by molar-refractivity contribution is 5.96. The molecule has 0 aliphatic carbocycles. The van der Waals surface area contributed by atoms with Gasteiger partial charge in [-0.1, -0.05) is 0 Å². The molecule has 1 atom stereocenters. The van der Waals surface area contributed by atoms with Gasteiger partial charge in [0.25, 0.3) is 5.91 Å². The summed E-state index contributed by atoms with van der Waals surface area (Å²) in [5, 5.41) is 10.9. The minimum absolute atomic E-state index is 0.124. The molecule has 7 nitrogen and oxygen atoms in total. The largest absolute Gasteiger partial charge is 0.454 e. The smallest absolute Gasteiger partial charge is 0.326 e. The lowest BCUT2D eigenvalue weighted by atomic mass is 10.2. The summed E-state index contributed by atoms with van der Waals surface area (Å²) in [5.74, 6) is -0.0554. The molecular formula is C13H12N2O5. The van der Waals surface area contributed by atoms with E-state index in [2.05, 4.69) is 5.32 Å². The third-order valence-electron chi connectivity index (χ3n) is 2.52. The van der Waals surface area contributed by atoms with Crippen molar-refractivity contribution >= 4 is 11.9 Å². The lowest BCUT2D eigenvalue weighted by Gasteiger charge is -2.07. The van der Waals surface area contributed by atoms with Gasteiger partial charge in [0.05, 0.1) is 0 Å². The fraction of sp³-hybridized carbons (Fsp3) is 0.308. The van der Waals surface area contributed by atoms with Crippen LogP contribution < -0.4 is 14.8 Å². The molecule has 104 valence electrons. The molecule has 1 aromatic rings. The van der Waals surface area contributed by atoms with Gasteiger partial charge in [0.1, 0.15) is 12.6 Å². The molecule has 0 bridgehead atoms. The lowest BCUT2D eigenvalue weighted by Crippen LogP contribution is -2.31. The number of fused-ring (bicyclic) bond motifs is 1. The van der Waals surface area contributed by atoms with E-state index in [4.69, 9.17) is 19.5 Å². The number of hydrogen-bond donors (Lipinski definition) is 1. The summed E-state index contributed by atoms with van der Waals surface area (Å²) >= 11 is 0. The van der Waals surface area contributed by atoms with Gasteiger partial charge in [0, 0.05) is 5.56 Å². The SMILES string of the molecule is C[C@@H](C#N)OC(=O)CNC(=O)c1ccc2c(c1)OCO2. The van der Waals surface area contributed by atoms with Gasteiger partial charge < -0.3 is 19.5 Å². The fourth-order valence-corrected chi connectivity index (χ4v) is 1.56. The summed E-state index contributed by atoms with van der Waals surface area (Å²) in [5.41, 5.74) is 0.343. The number of rotatable bonds is 4. The molecule has 20 heavy (non-hydrogen) atoms. The van der Waals surface area contributed by atoms with E-state index in [1.54, 1.807) is 18.2 Å². The highest BCUT2D eigenvalue weighted by atomic mass is 16.7. The summed E-state index contributed by atoms with van der Waals surface area (Å²) in [4.78, 5) is 23.1. The van der Waals surface area contributed by atoms with E-state index in [0.29, 0.717) is 17.1 Å². The first-order valence-electron chi connectivity index (χ1n) is 5.87. The third kappa shape index (κ3) is 3.17. The zero-order valence-corrected chi connectivity index (χ0v) is 10.7. The average Bonchev–Trinajstić information content (AvgIpc) is 2.91. The van der Waals surface area contributed by atoms with Crippen LogP contribution in [0, 0.1) is 11.3 Å². The summed E-state index contributed by atoms with van der Waals surface area (Å²) in [6.07, 6.45) is -0.843. The molecule has 1 N–H and O–H groups in total. The van der Waals surface area contributed by atoms with Crippen LogP contribution in [0.5, 0.6) is 11.5 Å². The van der Waals surface area contributed by atoms with Crippen molar-refractivity contribution in [1.29, 1.82) is 5.26 Å². The number of nitrogens with one attached hydrogen (secondary N) is 1. The molecular weight excluding hydrogens is 264 g/mol. The Kier molecular flexibility index (Phi) is 4.05. The number of esters is 1. The Morgan fingerprint density at radius 2 is 2.20 bits per heavy atom. The van der Waals surface area contributed by atoms with Crippen LogP contribution in [0.3, 0.4) is 0 Å². The zero-order chi connectivity index (χ0) is 14.5. The number of nitrogens with zero attached hydrogens (tertiary/aromatic N) is 1.